The molecule has 168 valence electrons. The zero-order chi connectivity index (χ0) is 23.5. The van der Waals surface area contributed by atoms with Gasteiger partial charge in [0.05, 0.1) is 16.8 Å². The fourth-order valence-electron chi connectivity index (χ4n) is 3.92. The Bertz CT molecular complexity index is 1430. The summed E-state index contributed by atoms with van der Waals surface area (Å²) in [6, 6.07) is 28.5. The summed E-state index contributed by atoms with van der Waals surface area (Å²) < 4.78 is 5.57. The summed E-state index contributed by atoms with van der Waals surface area (Å²) >= 11 is 0. The molecule has 0 aliphatic rings. The average Bonchev–Trinajstić information content (AvgIpc) is 3.37. The lowest BCUT2D eigenvalue weighted by Crippen LogP contribution is -2.32. The lowest BCUT2D eigenvalue weighted by Gasteiger charge is -2.19. The fraction of sp³-hybridized carbons (Fsp3) is 0.143. The zero-order valence-electron chi connectivity index (χ0n) is 19.0. The minimum absolute atomic E-state index is 0.0368. The summed E-state index contributed by atoms with van der Waals surface area (Å²) in [5, 5.41) is 8.04. The van der Waals surface area contributed by atoms with Crippen LogP contribution in [0.3, 0.4) is 0 Å². The van der Waals surface area contributed by atoms with Crippen LogP contribution in [0.15, 0.2) is 95.5 Å². The third-order valence-electron chi connectivity index (χ3n) is 5.72. The predicted octanol–water partition coefficient (Wildman–Crippen LogP) is 6.08. The molecule has 1 atom stereocenters. The van der Waals surface area contributed by atoms with Crippen LogP contribution < -0.4 is 5.32 Å². The van der Waals surface area contributed by atoms with Crippen LogP contribution in [-0.2, 0) is 0 Å². The van der Waals surface area contributed by atoms with Gasteiger partial charge in [-0.15, -0.1) is 0 Å². The normalized spacial score (nSPS) is 12.1. The summed E-state index contributed by atoms with van der Waals surface area (Å²) in [5.74, 6) is 0.698. The number of para-hydroxylation sites is 1. The van der Waals surface area contributed by atoms with Gasteiger partial charge in [0.1, 0.15) is 6.04 Å². The largest absolute Gasteiger partial charge is 0.340 e. The molecule has 6 heteroatoms. The Balaban J connectivity index is 1.50. The van der Waals surface area contributed by atoms with Gasteiger partial charge in [0, 0.05) is 16.5 Å². The molecule has 0 spiro atoms. The molecule has 5 rings (SSSR count). The second-order valence-electron chi connectivity index (χ2n) is 8.46. The Morgan fingerprint density at radius 3 is 2.18 bits per heavy atom. The van der Waals surface area contributed by atoms with Crippen molar-refractivity contribution >= 4 is 16.8 Å². The third-order valence-corrected chi connectivity index (χ3v) is 5.72. The van der Waals surface area contributed by atoms with Crippen LogP contribution in [0, 0.1) is 5.92 Å². The molecule has 0 aliphatic heterocycles. The second-order valence-corrected chi connectivity index (χ2v) is 8.46. The maximum Gasteiger partial charge on any atom is 0.252 e. The van der Waals surface area contributed by atoms with E-state index in [4.69, 9.17) is 9.51 Å². The van der Waals surface area contributed by atoms with Crippen LogP contribution >= 0.6 is 0 Å². The zero-order valence-corrected chi connectivity index (χ0v) is 19.0. The number of fused-ring (bicyclic) bond motifs is 1. The number of rotatable bonds is 6. The number of pyridine rings is 1. The highest BCUT2D eigenvalue weighted by Gasteiger charge is 2.26. The molecule has 3 aromatic carbocycles. The predicted molar refractivity (Wildman–Crippen MR) is 132 cm³/mol. The van der Waals surface area contributed by atoms with Gasteiger partial charge in [-0.3, -0.25) is 4.79 Å². The highest BCUT2D eigenvalue weighted by atomic mass is 16.5. The molecule has 0 aliphatic carbocycles. The van der Waals surface area contributed by atoms with Crippen LogP contribution in [0.25, 0.3) is 33.5 Å². The molecule has 0 saturated heterocycles. The van der Waals surface area contributed by atoms with Gasteiger partial charge in [-0.1, -0.05) is 97.9 Å². The topological polar surface area (TPSA) is 80.9 Å². The quantitative estimate of drug-likeness (QED) is 0.340. The van der Waals surface area contributed by atoms with Gasteiger partial charge in [-0.05, 0) is 18.1 Å². The first-order valence-corrected chi connectivity index (χ1v) is 11.3. The van der Waals surface area contributed by atoms with Gasteiger partial charge >= 0.3 is 0 Å². The highest BCUT2D eigenvalue weighted by molar-refractivity contribution is 6.07. The van der Waals surface area contributed by atoms with Gasteiger partial charge in [-0.25, -0.2) is 4.98 Å². The molecule has 2 heterocycles. The van der Waals surface area contributed by atoms with E-state index in [0.29, 0.717) is 17.3 Å². The van der Waals surface area contributed by atoms with E-state index in [9.17, 15) is 4.79 Å². The van der Waals surface area contributed by atoms with Crippen molar-refractivity contribution in [3.63, 3.8) is 0 Å². The number of carbonyl (C=O) groups is 1. The van der Waals surface area contributed by atoms with Crippen LogP contribution in [0.2, 0.25) is 0 Å². The maximum absolute atomic E-state index is 13.6. The third kappa shape index (κ3) is 4.30. The fourth-order valence-corrected chi connectivity index (χ4v) is 3.92. The molecule has 1 N–H and O–H groups in total. The number of hydrogen-bond donors (Lipinski definition) is 1. The molecule has 6 nitrogen and oxygen atoms in total. The first-order chi connectivity index (χ1) is 16.6. The minimum atomic E-state index is -0.440. The SMILES string of the molecule is CC(C)[C@H](NC(=O)c1cc(-c2ccccc2)nc2ccccc12)c1nc(-c2ccccc2)no1. The molecule has 0 fully saturated rings. The Morgan fingerprint density at radius 1 is 0.824 bits per heavy atom. The molecule has 0 saturated carbocycles. The number of nitrogens with zero attached hydrogens (tertiary/aromatic N) is 3. The summed E-state index contributed by atoms with van der Waals surface area (Å²) in [7, 11) is 0. The van der Waals surface area contributed by atoms with E-state index in [0.717, 1.165) is 27.7 Å². The van der Waals surface area contributed by atoms with Crippen LogP contribution in [0.5, 0.6) is 0 Å². The smallest absolute Gasteiger partial charge is 0.252 e. The Kier molecular flexibility index (Phi) is 5.87. The Morgan fingerprint density at radius 2 is 1.47 bits per heavy atom. The summed E-state index contributed by atoms with van der Waals surface area (Å²) in [5.41, 5.74) is 3.87. The molecule has 5 aromatic rings. The molecule has 0 radical (unpaired) electrons. The van der Waals surface area contributed by atoms with Crippen molar-refractivity contribution in [2.24, 2.45) is 5.92 Å². The van der Waals surface area contributed by atoms with Gasteiger partial charge < -0.3 is 9.84 Å². The van der Waals surface area contributed by atoms with Gasteiger partial charge in [0.15, 0.2) is 0 Å². The molecule has 0 unspecified atom stereocenters. The van der Waals surface area contributed by atoms with Gasteiger partial charge in [0.2, 0.25) is 11.7 Å². The van der Waals surface area contributed by atoms with Crippen molar-refractivity contribution < 1.29 is 9.32 Å². The second kappa shape index (κ2) is 9.27. The number of amides is 1. The lowest BCUT2D eigenvalue weighted by atomic mass is 10.0. The summed E-state index contributed by atoms with van der Waals surface area (Å²) in [6.07, 6.45) is 0. The molecule has 0 bridgehead atoms. The van der Waals surface area contributed by atoms with E-state index < -0.39 is 6.04 Å². The van der Waals surface area contributed by atoms with Gasteiger partial charge in [-0.2, -0.15) is 4.98 Å². The molecular weight excluding hydrogens is 424 g/mol. The number of carbonyl (C=O) groups excluding carboxylic acids is 1. The van der Waals surface area contributed by atoms with Crippen LogP contribution in [0.4, 0.5) is 0 Å². The molecular formula is C28H24N4O2. The Hall–Kier alpha value is -4.32. The number of hydrogen-bond acceptors (Lipinski definition) is 5. The van der Waals surface area contributed by atoms with Crippen molar-refractivity contribution in [1.82, 2.24) is 20.4 Å². The standard InChI is InChI=1S/C28H24N4O2/c1-18(2)25(28-31-26(32-34-28)20-13-7-4-8-14-20)30-27(33)22-17-24(19-11-5-3-6-12-19)29-23-16-10-9-15-21(22)23/h3-18,25H,1-2H3,(H,30,33)/t25-/m0/s1. The van der Waals surface area contributed by atoms with Crippen LogP contribution in [0.1, 0.15) is 36.1 Å². The highest BCUT2D eigenvalue weighted by Crippen LogP contribution is 2.27. The number of aromatic nitrogens is 3. The van der Waals surface area contributed by atoms with E-state index >= 15 is 0 Å². The van der Waals surface area contributed by atoms with E-state index in [1.54, 1.807) is 0 Å². The van der Waals surface area contributed by atoms with E-state index in [1.165, 1.54) is 0 Å². The average molecular weight is 449 g/mol. The van der Waals surface area contributed by atoms with Crippen molar-refractivity contribution in [2.45, 2.75) is 19.9 Å². The number of benzene rings is 3. The molecule has 2 aromatic heterocycles. The van der Waals surface area contributed by atoms with Crippen molar-refractivity contribution in [1.29, 1.82) is 0 Å². The monoisotopic (exact) mass is 448 g/mol. The molecule has 1 amide bonds. The van der Waals surface area contributed by atoms with Crippen molar-refractivity contribution in [3.8, 4) is 22.6 Å². The van der Waals surface area contributed by atoms with E-state index in [-0.39, 0.29) is 11.8 Å². The first kappa shape index (κ1) is 21.5. The number of nitrogens with one attached hydrogen (secondary N) is 1. The lowest BCUT2D eigenvalue weighted by molar-refractivity contribution is 0.0915. The summed E-state index contributed by atoms with van der Waals surface area (Å²) in [6.45, 7) is 4.02. The molecule has 34 heavy (non-hydrogen) atoms. The summed E-state index contributed by atoms with van der Waals surface area (Å²) in [4.78, 5) is 22.9. The van der Waals surface area contributed by atoms with Crippen LogP contribution in [-0.4, -0.2) is 21.0 Å². The van der Waals surface area contributed by atoms with Gasteiger partial charge in [0.25, 0.3) is 5.91 Å². The maximum atomic E-state index is 13.6. The first-order valence-electron chi connectivity index (χ1n) is 11.3. The Labute approximate surface area is 197 Å². The van der Waals surface area contributed by atoms with E-state index in [2.05, 4.69) is 15.5 Å². The minimum Gasteiger partial charge on any atom is -0.340 e. The van der Waals surface area contributed by atoms with Crippen molar-refractivity contribution in [2.75, 3.05) is 0 Å². The van der Waals surface area contributed by atoms with Crippen molar-refractivity contribution in [3.05, 3.63) is 102 Å². The van der Waals surface area contributed by atoms with E-state index in [1.807, 2.05) is 105 Å².